The number of carbonyl (C=O) groups excluding carboxylic acids is 2. The zero-order valence-corrected chi connectivity index (χ0v) is 37.1. The van der Waals surface area contributed by atoms with Crippen LogP contribution in [0.5, 0.6) is 0 Å². The van der Waals surface area contributed by atoms with E-state index in [1.54, 1.807) is 0 Å². The first kappa shape index (κ1) is 50.3. The van der Waals surface area contributed by atoms with Crippen molar-refractivity contribution in [2.45, 2.75) is 75.2 Å². The van der Waals surface area contributed by atoms with Crippen LogP contribution in [0, 0.1) is 0 Å². The highest BCUT2D eigenvalue weighted by molar-refractivity contribution is 6.33. The van der Waals surface area contributed by atoms with Gasteiger partial charge in [-0.15, -0.1) is 0 Å². The van der Waals surface area contributed by atoms with E-state index in [2.05, 4.69) is 9.80 Å². The van der Waals surface area contributed by atoms with Crippen molar-refractivity contribution in [3.63, 3.8) is 0 Å². The van der Waals surface area contributed by atoms with Crippen LogP contribution in [0.4, 0.5) is 37.7 Å². The maximum Gasteiger partial charge on any atom is 0.418 e. The second kappa shape index (κ2) is 21.2. The number of hydrogen-bond acceptors (Lipinski definition) is 11. The molecule has 2 unspecified atom stereocenters. The summed E-state index contributed by atoms with van der Waals surface area (Å²) in [7, 11) is 0. The van der Waals surface area contributed by atoms with Gasteiger partial charge in [0.05, 0.1) is 45.6 Å². The molecule has 65 heavy (non-hydrogen) atoms. The molecule has 4 aliphatic rings. The largest absolute Gasteiger partial charge is 0.480 e. The summed E-state index contributed by atoms with van der Waals surface area (Å²) in [6.45, 7) is 4.61. The van der Waals surface area contributed by atoms with Crippen LogP contribution in [0.25, 0.3) is 0 Å². The number of ether oxygens (including phenoxy) is 1. The zero-order chi connectivity index (χ0) is 47.4. The summed E-state index contributed by atoms with van der Waals surface area (Å²) in [6, 6.07) is 4.09. The van der Waals surface area contributed by atoms with Gasteiger partial charge >= 0.3 is 24.3 Å². The first-order valence-electron chi connectivity index (χ1n) is 21.5. The number of carboxylic acids is 2. The standard InChI is InChI=1S/C42H54Cl2F6N8O7/c43-31-19-25(17-29(37(31)51)41(45,46)47)21-33(39(63)57-13-9-55(10-14-57)27-1-5-53(6-2-27)23-35(59)60)65-34(22-26-18-30(42(48,49)50)38(52)32(44)20-26)40(64)58-15-11-56(12-16-58)28-3-7-54(8-4-28)24-36(61)62/h17-20,27-28,33-34H,1-16,21-24,51-52H2,(H,59,60)(H,61,62). The molecule has 0 aliphatic carbocycles. The van der Waals surface area contributed by atoms with Crippen LogP contribution >= 0.6 is 23.2 Å². The molecule has 6 rings (SSSR count). The highest BCUT2D eigenvalue weighted by Crippen LogP contribution is 2.40. The van der Waals surface area contributed by atoms with Crippen LogP contribution in [-0.4, -0.2) is 179 Å². The molecule has 2 atom stereocenters. The summed E-state index contributed by atoms with van der Waals surface area (Å²) >= 11 is 12.4. The van der Waals surface area contributed by atoms with E-state index in [1.807, 2.05) is 9.80 Å². The Balaban J connectivity index is 1.26. The molecule has 4 heterocycles. The molecule has 0 saturated carbocycles. The average molecular weight is 968 g/mol. The number of anilines is 2. The van der Waals surface area contributed by atoms with Gasteiger partial charge in [0.1, 0.15) is 12.2 Å². The van der Waals surface area contributed by atoms with E-state index in [1.165, 1.54) is 21.9 Å². The number of nitrogens with two attached hydrogens (primary N) is 2. The van der Waals surface area contributed by atoms with Crippen molar-refractivity contribution in [3.05, 3.63) is 56.6 Å². The molecule has 2 aromatic rings. The number of carbonyl (C=O) groups is 4. The van der Waals surface area contributed by atoms with Gasteiger partial charge < -0.3 is 36.2 Å². The Morgan fingerprint density at radius 3 is 1.20 bits per heavy atom. The number of likely N-dealkylation sites (tertiary alicyclic amines) is 2. The van der Waals surface area contributed by atoms with Crippen LogP contribution in [0.15, 0.2) is 24.3 Å². The Bertz CT molecular complexity index is 1900. The van der Waals surface area contributed by atoms with Crippen LogP contribution in [0.1, 0.15) is 47.9 Å². The van der Waals surface area contributed by atoms with Crippen LogP contribution < -0.4 is 11.5 Å². The van der Waals surface area contributed by atoms with Crippen molar-refractivity contribution in [2.75, 3.05) is 103 Å². The molecule has 2 amide bonds. The van der Waals surface area contributed by atoms with Crippen molar-refractivity contribution in [2.24, 2.45) is 0 Å². The third-order valence-corrected chi connectivity index (χ3v) is 13.5. The Morgan fingerprint density at radius 2 is 0.908 bits per heavy atom. The van der Waals surface area contributed by atoms with Gasteiger partial charge in [0, 0.05) is 103 Å². The van der Waals surface area contributed by atoms with E-state index in [-0.39, 0.29) is 62.5 Å². The lowest BCUT2D eigenvalue weighted by atomic mass is 9.99. The highest BCUT2D eigenvalue weighted by Gasteiger charge is 2.40. The van der Waals surface area contributed by atoms with Crippen LogP contribution in [0.3, 0.4) is 0 Å². The average Bonchev–Trinajstić information content (AvgIpc) is 3.24. The number of carboxylic acid groups (broad SMARTS) is 2. The highest BCUT2D eigenvalue weighted by atomic mass is 35.5. The quantitative estimate of drug-likeness (QED) is 0.157. The molecule has 15 nitrogen and oxygen atoms in total. The lowest BCUT2D eigenvalue weighted by Gasteiger charge is -2.44. The summed E-state index contributed by atoms with van der Waals surface area (Å²) in [5, 5.41) is 17.5. The first-order valence-corrected chi connectivity index (χ1v) is 22.2. The van der Waals surface area contributed by atoms with Gasteiger partial charge in [-0.2, -0.15) is 26.3 Å². The maximum absolute atomic E-state index is 14.6. The number of piperidine rings is 2. The van der Waals surface area contributed by atoms with Gasteiger partial charge in [0.15, 0.2) is 0 Å². The number of alkyl halides is 6. The summed E-state index contributed by atoms with van der Waals surface area (Å²) < 4.78 is 91.4. The van der Waals surface area contributed by atoms with E-state index < -0.39 is 93.7 Å². The van der Waals surface area contributed by atoms with Gasteiger partial charge in [-0.25, -0.2) is 0 Å². The summed E-state index contributed by atoms with van der Waals surface area (Å²) in [5.74, 6) is -3.15. The number of amides is 2. The first-order chi connectivity index (χ1) is 30.6. The van der Waals surface area contributed by atoms with Gasteiger partial charge in [-0.3, -0.25) is 38.8 Å². The molecule has 0 radical (unpaired) electrons. The Hall–Kier alpha value is -4.12. The predicted octanol–water partition coefficient (Wildman–Crippen LogP) is 4.12. The Kier molecular flexibility index (Phi) is 16.4. The Morgan fingerprint density at radius 1 is 0.585 bits per heavy atom. The fourth-order valence-corrected chi connectivity index (χ4v) is 9.84. The van der Waals surface area contributed by atoms with Gasteiger partial charge in [0.25, 0.3) is 11.8 Å². The third kappa shape index (κ3) is 13.1. The molecular formula is C42H54Cl2F6N8O7. The number of rotatable bonds is 14. The summed E-state index contributed by atoms with van der Waals surface area (Å²) in [5.41, 5.74) is 7.30. The van der Waals surface area contributed by atoms with E-state index in [9.17, 15) is 55.7 Å². The Labute approximate surface area is 382 Å². The van der Waals surface area contributed by atoms with Gasteiger partial charge in [-0.1, -0.05) is 23.2 Å². The van der Waals surface area contributed by atoms with Crippen LogP contribution in [0.2, 0.25) is 10.0 Å². The fourth-order valence-electron chi connectivity index (χ4n) is 9.36. The molecule has 4 fully saturated rings. The van der Waals surface area contributed by atoms with E-state index >= 15 is 0 Å². The normalized spacial score (nSPS) is 20.5. The minimum atomic E-state index is -4.93. The maximum atomic E-state index is 14.6. The fraction of sp³-hybridized carbons (Fsp3) is 0.619. The van der Waals surface area contributed by atoms with Crippen molar-refractivity contribution in [3.8, 4) is 0 Å². The molecule has 23 heteroatoms. The smallest absolute Gasteiger partial charge is 0.418 e. The zero-order valence-electron chi connectivity index (χ0n) is 35.6. The SMILES string of the molecule is Nc1c(Cl)cc(CC(OC(Cc2cc(Cl)c(N)c(C(F)(F)F)c2)C(=O)N2CCN(C3CCN(CC(=O)O)CC3)CC2)C(=O)N2CCN(C3CCN(CC(=O)O)CC3)CC2)cc1C(F)(F)F. The lowest BCUT2D eigenvalue weighted by molar-refractivity contribution is -0.160. The molecule has 6 N–H and O–H groups in total. The van der Waals surface area contributed by atoms with E-state index in [4.69, 9.17) is 39.4 Å². The van der Waals surface area contributed by atoms with Crippen molar-refractivity contribution < 1.29 is 60.5 Å². The summed E-state index contributed by atoms with van der Waals surface area (Å²) in [4.78, 5) is 62.7. The number of piperazine rings is 2. The minimum absolute atomic E-state index is 0.0639. The van der Waals surface area contributed by atoms with Crippen molar-refractivity contribution in [1.29, 1.82) is 0 Å². The second-order valence-electron chi connectivity index (χ2n) is 17.1. The number of benzene rings is 2. The molecule has 0 spiro atoms. The number of aliphatic carboxylic acids is 2. The van der Waals surface area contributed by atoms with Crippen molar-refractivity contribution in [1.82, 2.24) is 29.4 Å². The van der Waals surface area contributed by atoms with Gasteiger partial charge in [-0.05, 0) is 61.1 Å². The van der Waals surface area contributed by atoms with Crippen molar-refractivity contribution >= 4 is 58.3 Å². The topological polar surface area (TPSA) is 189 Å². The predicted molar refractivity (Wildman–Crippen MR) is 228 cm³/mol. The molecule has 4 aliphatic heterocycles. The number of nitrogens with zero attached hydrogens (tertiary/aromatic N) is 6. The van der Waals surface area contributed by atoms with Crippen LogP contribution in [-0.2, 0) is 49.1 Å². The molecule has 4 saturated heterocycles. The molecule has 0 bridgehead atoms. The molecular weight excluding hydrogens is 913 g/mol. The molecule has 0 aromatic heterocycles. The number of halogens is 8. The summed E-state index contributed by atoms with van der Waals surface area (Å²) in [6.07, 6.45) is -11.3. The minimum Gasteiger partial charge on any atom is -0.480 e. The number of nitrogen functional groups attached to an aromatic ring is 2. The monoisotopic (exact) mass is 966 g/mol. The molecule has 360 valence electrons. The van der Waals surface area contributed by atoms with E-state index in [0.717, 1.165) is 12.1 Å². The second-order valence-corrected chi connectivity index (χ2v) is 17.9. The van der Waals surface area contributed by atoms with E-state index in [0.29, 0.717) is 78.0 Å². The lowest BCUT2D eigenvalue weighted by Crippen LogP contribution is -2.58. The van der Waals surface area contributed by atoms with Gasteiger partial charge in [0.2, 0.25) is 0 Å². The molecule has 2 aromatic carbocycles. The number of hydrogen-bond donors (Lipinski definition) is 4. The third-order valence-electron chi connectivity index (χ3n) is 12.8.